The summed E-state index contributed by atoms with van der Waals surface area (Å²) >= 11 is 0. The number of hydrogen-bond acceptors (Lipinski definition) is 0. The highest BCUT2D eigenvalue weighted by atomic mass is 14.1. The van der Waals surface area contributed by atoms with Gasteiger partial charge in [0.1, 0.15) is 0 Å². The fourth-order valence-electron chi connectivity index (χ4n) is 7.59. The molecule has 0 heteroatoms. The van der Waals surface area contributed by atoms with Crippen molar-refractivity contribution in [2.45, 2.75) is 0 Å². The van der Waals surface area contributed by atoms with E-state index in [2.05, 4.69) is 170 Å². The molecular weight excluding hydrogens is 553 g/mol. The van der Waals surface area contributed by atoms with E-state index in [1.165, 1.54) is 97.7 Å². The molecule has 0 aliphatic rings. The standard InChI is InChI=1S/C46H28/c1-2-7-34-25-35(13-9-29(34)5-1)36-14-10-32-19-24-43-42(45(32)26-36)23-20-33-12-16-38(28-46(33)43)37-15-11-31-18-21-40-39-8-4-3-6-30(39)17-22-41(40)44(31)27-37/h1-28H. The molecule has 0 saturated carbocycles. The fraction of sp³-hybridized carbons (Fsp3) is 0. The third kappa shape index (κ3) is 3.87. The summed E-state index contributed by atoms with van der Waals surface area (Å²) in [5.41, 5.74) is 4.98. The topological polar surface area (TPSA) is 0 Å². The molecule has 0 heterocycles. The van der Waals surface area contributed by atoms with E-state index < -0.39 is 0 Å². The van der Waals surface area contributed by atoms with E-state index in [1.807, 2.05) is 0 Å². The van der Waals surface area contributed by atoms with Crippen molar-refractivity contribution in [3.63, 3.8) is 0 Å². The molecule has 0 radical (unpaired) electrons. The van der Waals surface area contributed by atoms with Gasteiger partial charge in [-0.05, 0) is 122 Å². The van der Waals surface area contributed by atoms with Gasteiger partial charge in [0.25, 0.3) is 0 Å². The highest BCUT2D eigenvalue weighted by molar-refractivity contribution is 6.20. The largest absolute Gasteiger partial charge is 0.0616 e. The lowest BCUT2D eigenvalue weighted by Gasteiger charge is -2.12. The van der Waals surface area contributed by atoms with E-state index in [1.54, 1.807) is 0 Å². The zero-order valence-electron chi connectivity index (χ0n) is 25.2. The predicted molar refractivity (Wildman–Crippen MR) is 200 cm³/mol. The molecule has 0 spiro atoms. The van der Waals surface area contributed by atoms with E-state index in [4.69, 9.17) is 0 Å². The first-order valence-corrected chi connectivity index (χ1v) is 16.0. The first-order valence-electron chi connectivity index (χ1n) is 16.0. The molecule has 0 N–H and O–H groups in total. The molecule has 0 amide bonds. The number of hydrogen-bond donors (Lipinski definition) is 0. The van der Waals surface area contributed by atoms with Gasteiger partial charge in [0.05, 0.1) is 0 Å². The molecule has 0 nitrogen and oxygen atoms in total. The average Bonchev–Trinajstić information content (AvgIpc) is 3.13. The molecule has 0 fully saturated rings. The fourth-order valence-corrected chi connectivity index (χ4v) is 7.59. The molecular formula is C46H28. The Bertz CT molecular complexity index is 2850. The summed E-state index contributed by atoms with van der Waals surface area (Å²) in [6.07, 6.45) is 0. The summed E-state index contributed by atoms with van der Waals surface area (Å²) in [7, 11) is 0. The van der Waals surface area contributed by atoms with Crippen LogP contribution in [-0.2, 0) is 0 Å². The summed E-state index contributed by atoms with van der Waals surface area (Å²) in [4.78, 5) is 0. The normalized spacial score (nSPS) is 11.9. The third-order valence-corrected chi connectivity index (χ3v) is 10.00. The zero-order chi connectivity index (χ0) is 30.2. The Morgan fingerprint density at radius 2 is 0.500 bits per heavy atom. The minimum Gasteiger partial charge on any atom is -0.0616 e. The Kier molecular flexibility index (Phi) is 5.38. The lowest BCUT2D eigenvalue weighted by Crippen LogP contribution is -1.86. The second kappa shape index (κ2) is 9.76. The molecule has 10 aromatic rings. The molecule has 0 unspecified atom stereocenters. The molecule has 0 aromatic heterocycles. The van der Waals surface area contributed by atoms with Crippen LogP contribution in [0.2, 0.25) is 0 Å². The number of benzene rings is 10. The molecule has 0 atom stereocenters. The van der Waals surface area contributed by atoms with E-state index in [9.17, 15) is 0 Å². The lowest BCUT2D eigenvalue weighted by atomic mass is 9.91. The maximum atomic E-state index is 2.39. The van der Waals surface area contributed by atoms with Crippen LogP contribution in [0.25, 0.3) is 97.7 Å². The molecule has 0 aliphatic carbocycles. The Morgan fingerprint density at radius 1 is 0.174 bits per heavy atom. The van der Waals surface area contributed by atoms with Gasteiger partial charge in [-0.2, -0.15) is 0 Å². The van der Waals surface area contributed by atoms with Gasteiger partial charge in [-0.1, -0.05) is 146 Å². The Morgan fingerprint density at radius 3 is 1.00 bits per heavy atom. The monoisotopic (exact) mass is 580 g/mol. The van der Waals surface area contributed by atoms with Gasteiger partial charge in [0.15, 0.2) is 0 Å². The van der Waals surface area contributed by atoms with Gasteiger partial charge in [-0.15, -0.1) is 0 Å². The Hall–Kier alpha value is -5.98. The SMILES string of the molecule is c1ccc2cc(-c3ccc4ccc5c6cc(-c7ccc8ccc9c%10ccccc%10ccc9c8c7)ccc6ccc5c4c3)ccc2c1. The maximum absolute atomic E-state index is 2.39. The first kappa shape index (κ1) is 25.4. The lowest BCUT2D eigenvalue weighted by molar-refractivity contribution is 1.68. The smallest absolute Gasteiger partial charge is 0.00987 e. The van der Waals surface area contributed by atoms with Crippen LogP contribution in [0.1, 0.15) is 0 Å². The summed E-state index contributed by atoms with van der Waals surface area (Å²) in [6, 6.07) is 63.0. The van der Waals surface area contributed by atoms with Crippen LogP contribution < -0.4 is 0 Å². The van der Waals surface area contributed by atoms with Gasteiger partial charge in [-0.25, -0.2) is 0 Å². The van der Waals surface area contributed by atoms with Crippen molar-refractivity contribution in [1.29, 1.82) is 0 Å². The molecule has 0 bridgehead atoms. The summed E-state index contributed by atoms with van der Waals surface area (Å²) in [6.45, 7) is 0. The van der Waals surface area contributed by atoms with Gasteiger partial charge in [0, 0.05) is 0 Å². The van der Waals surface area contributed by atoms with E-state index >= 15 is 0 Å². The van der Waals surface area contributed by atoms with Crippen LogP contribution in [0.5, 0.6) is 0 Å². The van der Waals surface area contributed by atoms with Crippen LogP contribution in [0.15, 0.2) is 170 Å². The quantitative estimate of drug-likeness (QED) is 0.178. The van der Waals surface area contributed by atoms with Crippen molar-refractivity contribution in [2.75, 3.05) is 0 Å². The van der Waals surface area contributed by atoms with Crippen molar-refractivity contribution in [2.24, 2.45) is 0 Å². The summed E-state index contributed by atoms with van der Waals surface area (Å²) in [5.74, 6) is 0. The van der Waals surface area contributed by atoms with Crippen molar-refractivity contribution < 1.29 is 0 Å². The van der Waals surface area contributed by atoms with Crippen molar-refractivity contribution in [3.05, 3.63) is 170 Å². The zero-order valence-corrected chi connectivity index (χ0v) is 25.2. The average molecular weight is 581 g/mol. The van der Waals surface area contributed by atoms with Crippen LogP contribution >= 0.6 is 0 Å². The minimum atomic E-state index is 1.24. The number of fused-ring (bicyclic) bond motifs is 11. The Balaban J connectivity index is 1.14. The van der Waals surface area contributed by atoms with E-state index in [0.29, 0.717) is 0 Å². The maximum Gasteiger partial charge on any atom is -0.00987 e. The van der Waals surface area contributed by atoms with Crippen molar-refractivity contribution in [1.82, 2.24) is 0 Å². The summed E-state index contributed by atoms with van der Waals surface area (Å²) < 4.78 is 0. The van der Waals surface area contributed by atoms with Gasteiger partial charge in [-0.3, -0.25) is 0 Å². The summed E-state index contributed by atoms with van der Waals surface area (Å²) in [5, 5.41) is 18.0. The predicted octanol–water partition coefficient (Wildman–Crippen LogP) is 13.1. The third-order valence-electron chi connectivity index (χ3n) is 10.00. The first-order chi connectivity index (χ1) is 22.8. The molecule has 46 heavy (non-hydrogen) atoms. The van der Waals surface area contributed by atoms with Gasteiger partial charge < -0.3 is 0 Å². The number of rotatable bonds is 2. The van der Waals surface area contributed by atoms with Crippen LogP contribution in [0, 0.1) is 0 Å². The molecule has 212 valence electrons. The highest BCUT2D eigenvalue weighted by Crippen LogP contribution is 2.38. The van der Waals surface area contributed by atoms with Crippen LogP contribution in [-0.4, -0.2) is 0 Å². The molecule has 10 aromatic carbocycles. The molecule has 0 aliphatic heterocycles. The second-order valence-corrected chi connectivity index (χ2v) is 12.5. The molecule has 10 rings (SSSR count). The second-order valence-electron chi connectivity index (χ2n) is 12.5. The van der Waals surface area contributed by atoms with Crippen LogP contribution in [0.3, 0.4) is 0 Å². The highest BCUT2D eigenvalue weighted by Gasteiger charge is 2.11. The molecule has 0 saturated heterocycles. The van der Waals surface area contributed by atoms with Crippen molar-refractivity contribution in [3.8, 4) is 22.3 Å². The van der Waals surface area contributed by atoms with Gasteiger partial charge >= 0.3 is 0 Å². The van der Waals surface area contributed by atoms with E-state index in [0.717, 1.165) is 0 Å². The Labute approximate surface area is 266 Å². The van der Waals surface area contributed by atoms with Crippen molar-refractivity contribution >= 4 is 75.4 Å². The van der Waals surface area contributed by atoms with Crippen LogP contribution in [0.4, 0.5) is 0 Å². The van der Waals surface area contributed by atoms with Gasteiger partial charge in [0.2, 0.25) is 0 Å². The minimum absolute atomic E-state index is 1.24. The van der Waals surface area contributed by atoms with E-state index in [-0.39, 0.29) is 0 Å².